The van der Waals surface area contributed by atoms with Crippen LogP contribution in [0.15, 0.2) is 18.2 Å². The molecule has 1 heterocycles. The maximum atomic E-state index is 11.3. The van der Waals surface area contributed by atoms with Crippen molar-refractivity contribution in [1.29, 1.82) is 0 Å². The largest absolute Gasteiger partial charge is 0.396 e. The van der Waals surface area contributed by atoms with Crippen molar-refractivity contribution in [2.24, 2.45) is 11.7 Å². The van der Waals surface area contributed by atoms with Crippen LogP contribution in [0.5, 0.6) is 0 Å². The van der Waals surface area contributed by atoms with Crippen molar-refractivity contribution in [3.05, 3.63) is 23.8 Å². The average Bonchev–Trinajstić information content (AvgIpc) is 2.70. The summed E-state index contributed by atoms with van der Waals surface area (Å²) in [6, 6.07) is 5.30. The van der Waals surface area contributed by atoms with Gasteiger partial charge in [0.05, 0.1) is 29.6 Å². The van der Waals surface area contributed by atoms with Crippen LogP contribution >= 0.6 is 0 Å². The molecule has 1 aliphatic heterocycles. The van der Waals surface area contributed by atoms with E-state index >= 15 is 0 Å². The lowest BCUT2D eigenvalue weighted by molar-refractivity contribution is 0.100. The minimum absolute atomic E-state index is 0.0513. The number of carbonyl (C=O) groups is 1. The summed E-state index contributed by atoms with van der Waals surface area (Å²) in [5.74, 6) is -0.117. The number of nitrogens with two attached hydrogens (primary N) is 2. The Kier molecular flexibility index (Phi) is 3.43. The molecule has 1 aromatic carbocycles. The predicted octanol–water partition coefficient (Wildman–Crippen LogP) is 0.575. The monoisotopic (exact) mass is 249 g/mol. The molecular weight excluding hydrogens is 230 g/mol. The van der Waals surface area contributed by atoms with Gasteiger partial charge in [0.25, 0.3) is 5.91 Å². The van der Waals surface area contributed by atoms with Crippen molar-refractivity contribution >= 4 is 17.3 Å². The Hall–Kier alpha value is -1.75. The molecule has 5 N–H and O–H groups in total. The quantitative estimate of drug-likeness (QED) is 0.683. The lowest BCUT2D eigenvalue weighted by atomic mass is 10.0. The molecule has 18 heavy (non-hydrogen) atoms. The lowest BCUT2D eigenvalue weighted by Gasteiger charge is -2.28. The first-order valence-corrected chi connectivity index (χ1v) is 6.12. The van der Waals surface area contributed by atoms with Crippen LogP contribution in [0.3, 0.4) is 0 Å². The second-order valence-corrected chi connectivity index (χ2v) is 4.81. The number of rotatable bonds is 3. The van der Waals surface area contributed by atoms with E-state index in [0.717, 1.165) is 18.7 Å². The lowest BCUT2D eigenvalue weighted by Crippen LogP contribution is -2.35. The van der Waals surface area contributed by atoms with Gasteiger partial charge in [-0.25, -0.2) is 0 Å². The van der Waals surface area contributed by atoms with Crippen LogP contribution in [0, 0.1) is 5.92 Å². The van der Waals surface area contributed by atoms with Crippen LogP contribution < -0.4 is 16.4 Å². The number of amides is 1. The van der Waals surface area contributed by atoms with Gasteiger partial charge in [-0.3, -0.25) is 4.79 Å². The molecule has 0 aromatic heterocycles. The molecule has 0 bridgehead atoms. The summed E-state index contributed by atoms with van der Waals surface area (Å²) >= 11 is 0. The van der Waals surface area contributed by atoms with E-state index in [4.69, 9.17) is 11.5 Å². The molecule has 2 rings (SSSR count). The van der Waals surface area contributed by atoms with E-state index in [1.807, 2.05) is 6.07 Å². The Morgan fingerprint density at radius 1 is 1.56 bits per heavy atom. The molecule has 0 saturated carbocycles. The number of hydrogen-bond donors (Lipinski definition) is 3. The Morgan fingerprint density at radius 2 is 2.28 bits per heavy atom. The highest BCUT2D eigenvalue weighted by Gasteiger charge is 2.32. The van der Waals surface area contributed by atoms with Crippen LogP contribution in [-0.2, 0) is 0 Å². The fraction of sp³-hybridized carbons (Fsp3) is 0.462. The zero-order valence-corrected chi connectivity index (χ0v) is 10.5. The Morgan fingerprint density at radius 3 is 2.89 bits per heavy atom. The Labute approximate surface area is 106 Å². The predicted molar refractivity (Wildman–Crippen MR) is 71.4 cm³/mol. The SMILES string of the molecule is CC1CCN(c2cccc(C(N)=O)c2N)C1CO. The molecule has 1 amide bonds. The Balaban J connectivity index is 2.40. The van der Waals surface area contributed by atoms with Crippen molar-refractivity contribution in [2.45, 2.75) is 19.4 Å². The third kappa shape index (κ3) is 2.01. The number of carbonyl (C=O) groups excluding carboxylic acids is 1. The summed E-state index contributed by atoms with van der Waals surface area (Å²) in [5.41, 5.74) is 12.8. The smallest absolute Gasteiger partial charge is 0.250 e. The van der Waals surface area contributed by atoms with Gasteiger partial charge in [0.2, 0.25) is 0 Å². The molecular formula is C13H19N3O2. The van der Waals surface area contributed by atoms with Gasteiger partial charge in [-0.05, 0) is 24.5 Å². The van der Waals surface area contributed by atoms with Gasteiger partial charge in [-0.1, -0.05) is 13.0 Å². The van der Waals surface area contributed by atoms with Gasteiger partial charge in [-0.15, -0.1) is 0 Å². The molecule has 1 aromatic rings. The van der Waals surface area contributed by atoms with Crippen LogP contribution in [0.1, 0.15) is 23.7 Å². The molecule has 5 heteroatoms. The highest BCUT2D eigenvalue weighted by molar-refractivity contribution is 6.01. The fourth-order valence-corrected chi connectivity index (χ4v) is 2.60. The second kappa shape index (κ2) is 4.86. The fourth-order valence-electron chi connectivity index (χ4n) is 2.60. The average molecular weight is 249 g/mol. The molecule has 0 radical (unpaired) electrons. The Bertz CT molecular complexity index is 462. The van der Waals surface area contributed by atoms with E-state index in [-0.39, 0.29) is 12.6 Å². The van der Waals surface area contributed by atoms with E-state index in [2.05, 4.69) is 11.8 Å². The highest BCUT2D eigenvalue weighted by atomic mass is 16.3. The standard InChI is InChI=1S/C13H19N3O2/c1-8-5-6-16(11(8)7-17)10-4-2-3-9(12(10)14)13(15)18/h2-4,8,11,17H,5-7,14H2,1H3,(H2,15,18). The van der Waals surface area contributed by atoms with Gasteiger partial charge >= 0.3 is 0 Å². The molecule has 98 valence electrons. The summed E-state index contributed by atoms with van der Waals surface area (Å²) in [6.45, 7) is 3.02. The number of para-hydroxylation sites is 1. The van der Waals surface area contributed by atoms with Gasteiger partial charge < -0.3 is 21.5 Å². The number of nitrogens with zero attached hydrogens (tertiary/aromatic N) is 1. The number of nitrogen functional groups attached to an aromatic ring is 1. The van der Waals surface area contributed by atoms with E-state index in [9.17, 15) is 9.90 Å². The molecule has 2 unspecified atom stereocenters. The number of primary amides is 1. The van der Waals surface area contributed by atoms with Crippen molar-refractivity contribution in [3.63, 3.8) is 0 Å². The third-order valence-corrected chi connectivity index (χ3v) is 3.73. The molecule has 0 spiro atoms. The van der Waals surface area contributed by atoms with E-state index in [0.29, 0.717) is 17.2 Å². The number of anilines is 2. The van der Waals surface area contributed by atoms with Crippen LogP contribution in [0.4, 0.5) is 11.4 Å². The molecule has 2 atom stereocenters. The topological polar surface area (TPSA) is 92.6 Å². The summed E-state index contributed by atoms with van der Waals surface area (Å²) < 4.78 is 0. The highest BCUT2D eigenvalue weighted by Crippen LogP contribution is 2.34. The first-order valence-electron chi connectivity index (χ1n) is 6.12. The van der Waals surface area contributed by atoms with Gasteiger partial charge in [0, 0.05) is 6.54 Å². The van der Waals surface area contributed by atoms with Crippen molar-refractivity contribution in [2.75, 3.05) is 23.8 Å². The van der Waals surface area contributed by atoms with Crippen molar-refractivity contribution in [1.82, 2.24) is 0 Å². The van der Waals surface area contributed by atoms with Crippen LogP contribution in [-0.4, -0.2) is 30.2 Å². The minimum Gasteiger partial charge on any atom is -0.396 e. The normalized spacial score (nSPS) is 23.3. The molecule has 0 aliphatic carbocycles. The maximum Gasteiger partial charge on any atom is 0.250 e. The van der Waals surface area contributed by atoms with Gasteiger partial charge in [0.15, 0.2) is 0 Å². The number of hydrogen-bond acceptors (Lipinski definition) is 4. The molecule has 1 aliphatic rings. The summed E-state index contributed by atoms with van der Waals surface area (Å²) in [6.07, 6.45) is 1.01. The maximum absolute atomic E-state index is 11.3. The number of aliphatic hydroxyl groups is 1. The van der Waals surface area contributed by atoms with Crippen LogP contribution in [0.2, 0.25) is 0 Å². The molecule has 1 fully saturated rings. The van der Waals surface area contributed by atoms with Gasteiger partial charge in [0.1, 0.15) is 0 Å². The number of benzene rings is 1. The zero-order valence-electron chi connectivity index (χ0n) is 10.5. The van der Waals surface area contributed by atoms with Crippen molar-refractivity contribution < 1.29 is 9.90 Å². The van der Waals surface area contributed by atoms with Crippen LogP contribution in [0.25, 0.3) is 0 Å². The van der Waals surface area contributed by atoms with Crippen molar-refractivity contribution in [3.8, 4) is 0 Å². The minimum atomic E-state index is -0.526. The zero-order chi connectivity index (χ0) is 13.3. The van der Waals surface area contributed by atoms with E-state index in [1.165, 1.54) is 0 Å². The number of aliphatic hydroxyl groups excluding tert-OH is 1. The molecule has 5 nitrogen and oxygen atoms in total. The first-order chi connectivity index (χ1) is 8.56. The van der Waals surface area contributed by atoms with E-state index < -0.39 is 5.91 Å². The molecule has 1 saturated heterocycles. The van der Waals surface area contributed by atoms with Gasteiger partial charge in [-0.2, -0.15) is 0 Å². The summed E-state index contributed by atoms with van der Waals surface area (Å²) in [7, 11) is 0. The third-order valence-electron chi connectivity index (χ3n) is 3.73. The second-order valence-electron chi connectivity index (χ2n) is 4.81. The first kappa shape index (κ1) is 12.7. The van der Waals surface area contributed by atoms with E-state index in [1.54, 1.807) is 12.1 Å². The summed E-state index contributed by atoms with van der Waals surface area (Å²) in [4.78, 5) is 13.3. The summed E-state index contributed by atoms with van der Waals surface area (Å²) in [5, 5.41) is 9.46.